The Labute approximate surface area is 141 Å². The summed E-state index contributed by atoms with van der Waals surface area (Å²) in [5, 5.41) is 0.876. The molecule has 0 spiro atoms. The van der Waals surface area contributed by atoms with Crippen LogP contribution in [0.1, 0.15) is 38.3 Å². The second kappa shape index (κ2) is 5.89. The quantitative estimate of drug-likeness (QED) is 0.643. The Hall–Kier alpha value is -2.43. The van der Waals surface area contributed by atoms with Gasteiger partial charge in [-0.1, -0.05) is 13.8 Å². The van der Waals surface area contributed by atoms with Gasteiger partial charge in [-0.15, -0.1) is 0 Å². The fraction of sp³-hybridized carbons (Fsp3) is 0.421. The van der Waals surface area contributed by atoms with Crippen molar-refractivity contribution in [1.82, 2.24) is 0 Å². The van der Waals surface area contributed by atoms with E-state index in [1.165, 1.54) is 18.7 Å². The summed E-state index contributed by atoms with van der Waals surface area (Å²) in [5.74, 6) is -0.0460. The lowest BCUT2D eigenvalue weighted by Crippen LogP contribution is -2.34. The summed E-state index contributed by atoms with van der Waals surface area (Å²) < 4.78 is 5.47. The van der Waals surface area contributed by atoms with Gasteiger partial charge in [0.2, 0.25) is 0 Å². The molecular formula is C19H22N2O3. The van der Waals surface area contributed by atoms with E-state index >= 15 is 0 Å². The van der Waals surface area contributed by atoms with Crippen molar-refractivity contribution in [3.63, 3.8) is 0 Å². The summed E-state index contributed by atoms with van der Waals surface area (Å²) in [7, 11) is 2.06. The number of carbonyl (C=O) groups is 1. The SMILES string of the molecule is CC(=O)CN=Cc1cc2cc3c(cc2oc1=O)N(C)CCC3(C)C. The van der Waals surface area contributed by atoms with Gasteiger partial charge in [0.25, 0.3) is 0 Å². The topological polar surface area (TPSA) is 62.9 Å². The van der Waals surface area contributed by atoms with Gasteiger partial charge in [0.1, 0.15) is 5.58 Å². The van der Waals surface area contributed by atoms with E-state index in [4.69, 9.17) is 4.42 Å². The Kier molecular flexibility index (Phi) is 4.03. The molecule has 3 rings (SSSR count). The molecular weight excluding hydrogens is 304 g/mol. The Bertz CT molecular complexity index is 893. The molecule has 2 heterocycles. The van der Waals surface area contributed by atoms with E-state index in [1.807, 2.05) is 6.07 Å². The number of anilines is 1. The molecule has 0 saturated carbocycles. The molecule has 1 aliphatic heterocycles. The summed E-state index contributed by atoms with van der Waals surface area (Å²) in [5.41, 5.74) is 2.95. The van der Waals surface area contributed by atoms with Crippen LogP contribution in [-0.4, -0.2) is 32.1 Å². The van der Waals surface area contributed by atoms with E-state index in [2.05, 4.69) is 36.9 Å². The summed E-state index contributed by atoms with van der Waals surface area (Å²) >= 11 is 0. The van der Waals surface area contributed by atoms with Gasteiger partial charge in [-0.3, -0.25) is 9.79 Å². The monoisotopic (exact) mass is 326 g/mol. The van der Waals surface area contributed by atoms with Gasteiger partial charge in [-0.05, 0) is 36.5 Å². The minimum atomic E-state index is -0.438. The molecule has 5 heteroatoms. The second-order valence-electron chi connectivity index (χ2n) is 7.12. The zero-order chi connectivity index (χ0) is 17.5. The molecule has 0 N–H and O–H groups in total. The summed E-state index contributed by atoms with van der Waals surface area (Å²) in [6.45, 7) is 6.98. The van der Waals surface area contributed by atoms with Crippen LogP contribution in [0.2, 0.25) is 0 Å². The van der Waals surface area contributed by atoms with Gasteiger partial charge in [-0.2, -0.15) is 0 Å². The Morgan fingerprint density at radius 1 is 1.38 bits per heavy atom. The first kappa shape index (κ1) is 16.4. The largest absolute Gasteiger partial charge is 0.422 e. The summed E-state index contributed by atoms with van der Waals surface area (Å²) in [6.07, 6.45) is 2.50. The van der Waals surface area contributed by atoms with Crippen LogP contribution in [0, 0.1) is 0 Å². The Morgan fingerprint density at radius 3 is 2.83 bits per heavy atom. The van der Waals surface area contributed by atoms with E-state index in [-0.39, 0.29) is 17.7 Å². The second-order valence-corrected chi connectivity index (χ2v) is 7.12. The van der Waals surface area contributed by atoms with Gasteiger partial charge in [0.05, 0.1) is 12.1 Å². The molecule has 1 aromatic heterocycles. The number of aliphatic imine (C=N–C) groups is 1. The van der Waals surface area contributed by atoms with Gasteiger partial charge in [0.15, 0.2) is 5.78 Å². The van der Waals surface area contributed by atoms with Crippen LogP contribution in [0.4, 0.5) is 5.69 Å². The Balaban J connectivity index is 2.13. The number of ketones is 1. The molecule has 0 fully saturated rings. The molecule has 1 aromatic carbocycles. The molecule has 2 aromatic rings. The lowest BCUT2D eigenvalue weighted by Gasteiger charge is -2.38. The van der Waals surface area contributed by atoms with Crippen molar-refractivity contribution in [2.24, 2.45) is 4.99 Å². The minimum Gasteiger partial charge on any atom is -0.422 e. The summed E-state index contributed by atoms with van der Waals surface area (Å²) in [6, 6.07) is 5.84. The van der Waals surface area contributed by atoms with Gasteiger partial charge >= 0.3 is 5.63 Å². The number of hydrogen-bond acceptors (Lipinski definition) is 5. The molecule has 1 aliphatic rings. The van der Waals surface area contributed by atoms with Crippen LogP contribution in [0.25, 0.3) is 11.0 Å². The fourth-order valence-corrected chi connectivity index (χ4v) is 3.10. The van der Waals surface area contributed by atoms with Gasteiger partial charge in [0, 0.05) is 36.9 Å². The predicted molar refractivity (Wildman–Crippen MR) is 96.5 cm³/mol. The van der Waals surface area contributed by atoms with E-state index in [1.54, 1.807) is 6.07 Å². The first-order valence-corrected chi connectivity index (χ1v) is 8.11. The maximum atomic E-state index is 12.1. The van der Waals surface area contributed by atoms with Crippen molar-refractivity contribution in [2.75, 3.05) is 25.0 Å². The average molecular weight is 326 g/mol. The zero-order valence-electron chi connectivity index (χ0n) is 14.5. The van der Waals surface area contributed by atoms with Crippen LogP contribution in [0.15, 0.2) is 32.4 Å². The van der Waals surface area contributed by atoms with E-state index in [0.717, 1.165) is 24.0 Å². The number of rotatable bonds is 3. The van der Waals surface area contributed by atoms with Crippen LogP contribution in [0.5, 0.6) is 0 Å². The molecule has 0 atom stereocenters. The lowest BCUT2D eigenvalue weighted by molar-refractivity contribution is -0.115. The first-order chi connectivity index (χ1) is 11.3. The number of carbonyl (C=O) groups excluding carboxylic acids is 1. The molecule has 0 bridgehead atoms. The van der Waals surface area contributed by atoms with Crippen molar-refractivity contribution in [3.8, 4) is 0 Å². The number of benzene rings is 1. The fourth-order valence-electron chi connectivity index (χ4n) is 3.10. The molecule has 126 valence electrons. The smallest absolute Gasteiger partial charge is 0.345 e. The molecule has 0 aliphatic carbocycles. The number of fused-ring (bicyclic) bond motifs is 2. The van der Waals surface area contributed by atoms with Crippen LogP contribution < -0.4 is 10.5 Å². The number of hydrogen-bond donors (Lipinski definition) is 0. The summed E-state index contributed by atoms with van der Waals surface area (Å²) in [4.78, 5) is 29.3. The van der Waals surface area contributed by atoms with Crippen LogP contribution in [0.3, 0.4) is 0 Å². The molecule has 24 heavy (non-hydrogen) atoms. The highest BCUT2D eigenvalue weighted by molar-refractivity contribution is 5.90. The van der Waals surface area contributed by atoms with E-state index in [9.17, 15) is 9.59 Å². The highest BCUT2D eigenvalue weighted by atomic mass is 16.4. The highest BCUT2D eigenvalue weighted by Crippen LogP contribution is 2.40. The van der Waals surface area contributed by atoms with Crippen molar-refractivity contribution >= 4 is 28.7 Å². The van der Waals surface area contributed by atoms with Crippen molar-refractivity contribution in [1.29, 1.82) is 0 Å². The molecule has 0 radical (unpaired) electrons. The third kappa shape index (κ3) is 2.98. The van der Waals surface area contributed by atoms with Crippen LogP contribution >= 0.6 is 0 Å². The molecule has 0 saturated heterocycles. The van der Waals surface area contributed by atoms with Crippen molar-refractivity contribution in [2.45, 2.75) is 32.6 Å². The molecule has 0 amide bonds. The van der Waals surface area contributed by atoms with Crippen LogP contribution in [-0.2, 0) is 10.2 Å². The van der Waals surface area contributed by atoms with E-state index in [0.29, 0.717) is 11.1 Å². The maximum Gasteiger partial charge on any atom is 0.345 e. The molecule has 5 nitrogen and oxygen atoms in total. The standard InChI is InChI=1S/C19H22N2O3/c1-12(22)10-20-11-14-7-13-8-15-16(9-17(13)24-18(14)23)21(4)6-5-19(15,2)3/h7-9,11H,5-6,10H2,1-4H3. The maximum absolute atomic E-state index is 12.1. The molecule has 0 unspecified atom stereocenters. The van der Waals surface area contributed by atoms with Gasteiger partial charge < -0.3 is 9.32 Å². The lowest BCUT2D eigenvalue weighted by atomic mass is 9.77. The van der Waals surface area contributed by atoms with Crippen molar-refractivity contribution < 1.29 is 9.21 Å². The number of Topliss-reactive ketones (excluding diaryl/α,β-unsaturated/α-hetero) is 1. The number of nitrogens with zero attached hydrogens (tertiary/aromatic N) is 2. The normalized spacial score (nSPS) is 16.6. The third-order valence-corrected chi connectivity index (χ3v) is 4.63. The minimum absolute atomic E-state index is 0.0460. The zero-order valence-corrected chi connectivity index (χ0v) is 14.5. The predicted octanol–water partition coefficient (Wildman–Crippen LogP) is 2.92. The average Bonchev–Trinajstić information content (AvgIpc) is 2.50. The Morgan fingerprint density at radius 2 is 2.12 bits per heavy atom. The van der Waals surface area contributed by atoms with E-state index < -0.39 is 5.63 Å². The first-order valence-electron chi connectivity index (χ1n) is 8.11. The van der Waals surface area contributed by atoms with Gasteiger partial charge in [-0.25, -0.2) is 4.79 Å². The van der Waals surface area contributed by atoms with Crippen molar-refractivity contribution in [3.05, 3.63) is 39.7 Å². The highest BCUT2D eigenvalue weighted by Gasteiger charge is 2.30. The third-order valence-electron chi connectivity index (χ3n) is 4.63.